The summed E-state index contributed by atoms with van der Waals surface area (Å²) in [7, 11) is 1.52. The van der Waals surface area contributed by atoms with Crippen LogP contribution in [0, 0.1) is 0 Å². The molecular formula is C67H112N2O6P+. The number of likely N-dealkylation sites (N-methyl/N-ethyl adjacent to an activating group) is 1. The number of allylic oxidation sites excluding steroid dienone is 25. The summed E-state index contributed by atoms with van der Waals surface area (Å²) in [6.07, 6.45) is 87.8. The number of hydrogen-bond acceptors (Lipinski definition) is 5. The van der Waals surface area contributed by atoms with Crippen molar-refractivity contribution >= 4 is 13.7 Å². The maximum absolute atomic E-state index is 13.0. The average Bonchev–Trinajstić information content (AvgIpc) is 3.38. The number of carbonyl (C=O) groups is 1. The number of phosphoric acid groups is 1. The predicted molar refractivity (Wildman–Crippen MR) is 331 cm³/mol. The Morgan fingerprint density at radius 1 is 0.461 bits per heavy atom. The molecule has 3 unspecified atom stereocenters. The number of carbonyl (C=O) groups excluding carboxylic acids is 1. The fourth-order valence-corrected chi connectivity index (χ4v) is 8.31. The molecule has 76 heavy (non-hydrogen) atoms. The number of amides is 1. The number of unbranched alkanes of at least 4 members (excludes halogenated alkanes) is 15. The minimum atomic E-state index is -4.37. The zero-order valence-electron chi connectivity index (χ0n) is 48.9. The van der Waals surface area contributed by atoms with E-state index in [9.17, 15) is 19.4 Å². The van der Waals surface area contributed by atoms with Crippen molar-refractivity contribution in [1.29, 1.82) is 0 Å². The highest BCUT2D eigenvalue weighted by Gasteiger charge is 2.27. The maximum Gasteiger partial charge on any atom is 0.472 e. The van der Waals surface area contributed by atoms with Gasteiger partial charge in [-0.1, -0.05) is 236 Å². The highest BCUT2D eigenvalue weighted by atomic mass is 31.2. The van der Waals surface area contributed by atoms with E-state index in [-0.39, 0.29) is 19.1 Å². The molecule has 0 bridgehead atoms. The molecule has 0 radical (unpaired) electrons. The van der Waals surface area contributed by atoms with Gasteiger partial charge in [0.05, 0.1) is 39.9 Å². The zero-order chi connectivity index (χ0) is 55.6. The summed E-state index contributed by atoms with van der Waals surface area (Å²) in [6, 6.07) is -0.886. The van der Waals surface area contributed by atoms with Crippen molar-refractivity contribution in [2.24, 2.45) is 0 Å². The summed E-state index contributed by atoms with van der Waals surface area (Å²) >= 11 is 0. The Bertz CT molecular complexity index is 1790. The second-order valence-corrected chi connectivity index (χ2v) is 22.1. The maximum atomic E-state index is 13.0. The van der Waals surface area contributed by atoms with Crippen LogP contribution in [0.3, 0.4) is 0 Å². The van der Waals surface area contributed by atoms with Gasteiger partial charge < -0.3 is 19.8 Å². The van der Waals surface area contributed by atoms with E-state index >= 15 is 0 Å². The molecule has 0 aromatic heterocycles. The molecule has 9 heteroatoms. The number of phosphoric ester groups is 1. The van der Waals surface area contributed by atoms with Crippen molar-refractivity contribution < 1.29 is 32.9 Å². The van der Waals surface area contributed by atoms with Crippen molar-refractivity contribution in [3.63, 3.8) is 0 Å². The van der Waals surface area contributed by atoms with Crippen LogP contribution in [-0.4, -0.2) is 73.4 Å². The third kappa shape index (κ3) is 57.8. The summed E-state index contributed by atoms with van der Waals surface area (Å²) in [5.41, 5.74) is 0. The van der Waals surface area contributed by atoms with Crippen LogP contribution in [0.4, 0.5) is 0 Å². The van der Waals surface area contributed by atoms with E-state index in [1.165, 1.54) is 64.2 Å². The van der Waals surface area contributed by atoms with Crippen LogP contribution in [0.25, 0.3) is 0 Å². The highest BCUT2D eigenvalue weighted by molar-refractivity contribution is 7.47. The van der Waals surface area contributed by atoms with Crippen LogP contribution in [0.1, 0.15) is 206 Å². The molecule has 0 spiro atoms. The smallest absolute Gasteiger partial charge is 0.387 e. The van der Waals surface area contributed by atoms with E-state index in [0.717, 1.165) is 122 Å². The molecule has 1 amide bonds. The van der Waals surface area contributed by atoms with E-state index in [2.05, 4.69) is 165 Å². The lowest BCUT2D eigenvalue weighted by Gasteiger charge is -2.25. The number of hydrogen-bond donors (Lipinski definition) is 3. The first kappa shape index (κ1) is 72.1. The quantitative estimate of drug-likeness (QED) is 0.0243. The van der Waals surface area contributed by atoms with Crippen LogP contribution < -0.4 is 5.32 Å². The Balaban J connectivity index is 4.20. The molecule has 3 N–H and O–H groups in total. The number of aliphatic hydroxyl groups is 1. The summed E-state index contributed by atoms with van der Waals surface area (Å²) < 4.78 is 23.6. The van der Waals surface area contributed by atoms with Gasteiger partial charge in [-0.15, -0.1) is 0 Å². The van der Waals surface area contributed by atoms with Crippen LogP contribution in [-0.2, 0) is 18.4 Å². The summed E-state index contributed by atoms with van der Waals surface area (Å²) in [6.45, 7) is 4.62. The molecule has 0 aliphatic carbocycles. The Morgan fingerprint density at radius 3 is 1.21 bits per heavy atom. The van der Waals surface area contributed by atoms with Crippen LogP contribution in [0.5, 0.6) is 0 Å². The molecule has 0 heterocycles. The standard InChI is InChI=1S/C67H111N2O6P/c1-6-8-10-12-14-16-18-20-22-23-24-25-26-27-28-29-30-31-32-33-34-35-36-37-38-39-40-41-42-43-44-45-47-49-51-53-55-57-59-61-67(71)68-65(64-75-76(72,73)74-63-62-69(3,4)5)66(70)60-58-56-54-52-50-48-46-21-19-17-15-13-11-9-7-2/h8,10,14,16,19-22,24-25,27-28,30-31,33-34,36-37,39-40,42-43,50,52,58,60,65-66,70H,6-7,9,11-13,15,17-18,23,26,29,32,35,38,41,44-49,51,53-57,59,61-64H2,1-5H3,(H-,68,71,72,73)/p+1/b10-8-,16-14-,21-19+,22-20-,25-24-,28-27-,31-30-,34-33-,37-36-,40-39-,43-42-,52-50+,60-58+. The minimum absolute atomic E-state index is 0.0435. The summed E-state index contributed by atoms with van der Waals surface area (Å²) in [5, 5.41) is 13.9. The van der Waals surface area contributed by atoms with Crippen molar-refractivity contribution in [3.05, 3.63) is 158 Å². The van der Waals surface area contributed by atoms with Crippen LogP contribution in [0.15, 0.2) is 158 Å². The van der Waals surface area contributed by atoms with Gasteiger partial charge in [0.25, 0.3) is 0 Å². The molecule has 8 nitrogen and oxygen atoms in total. The molecule has 0 aliphatic heterocycles. The van der Waals surface area contributed by atoms with Crippen molar-refractivity contribution in [2.45, 2.75) is 219 Å². The van der Waals surface area contributed by atoms with Gasteiger partial charge in [-0.25, -0.2) is 4.57 Å². The number of quaternary nitrogens is 1. The first-order chi connectivity index (χ1) is 37.0. The largest absolute Gasteiger partial charge is 0.472 e. The fraction of sp³-hybridized carbons (Fsp3) is 0.597. The predicted octanol–water partition coefficient (Wildman–Crippen LogP) is 18.6. The first-order valence-electron chi connectivity index (χ1n) is 29.9. The minimum Gasteiger partial charge on any atom is -0.387 e. The van der Waals surface area contributed by atoms with Gasteiger partial charge in [-0.2, -0.15) is 0 Å². The Hall–Kier alpha value is -3.88. The lowest BCUT2D eigenvalue weighted by Crippen LogP contribution is -2.45. The van der Waals surface area contributed by atoms with Gasteiger partial charge in [0.15, 0.2) is 0 Å². The molecule has 430 valence electrons. The normalized spacial score (nSPS) is 15.0. The summed E-state index contributed by atoms with van der Waals surface area (Å²) in [5.74, 6) is -0.207. The lowest BCUT2D eigenvalue weighted by molar-refractivity contribution is -0.870. The Morgan fingerprint density at radius 2 is 0.803 bits per heavy atom. The molecule has 0 aliphatic rings. The second-order valence-electron chi connectivity index (χ2n) is 20.6. The molecule has 0 fully saturated rings. The van der Waals surface area contributed by atoms with E-state index in [0.29, 0.717) is 17.4 Å². The van der Waals surface area contributed by atoms with Crippen LogP contribution >= 0.6 is 7.82 Å². The highest BCUT2D eigenvalue weighted by Crippen LogP contribution is 2.43. The van der Waals surface area contributed by atoms with Gasteiger partial charge in [-0.3, -0.25) is 13.8 Å². The third-order valence-electron chi connectivity index (χ3n) is 12.2. The molecule has 0 saturated heterocycles. The van der Waals surface area contributed by atoms with Gasteiger partial charge in [0.1, 0.15) is 13.2 Å². The SMILES string of the molecule is CC/C=C\C/C=C\C/C=C\C/C=C\C/C=C\C/C=C\C/C=C\C/C=C\C/C=C\C/C=C\CCCCCCCCCCC(=O)NC(COP(=O)(O)OCC[N+](C)(C)C)C(O)/C=C/CC/C=C/CC/C=C/CCCCCCC. The van der Waals surface area contributed by atoms with Crippen molar-refractivity contribution in [3.8, 4) is 0 Å². The van der Waals surface area contributed by atoms with Gasteiger partial charge in [0, 0.05) is 6.42 Å². The van der Waals surface area contributed by atoms with E-state index in [1.807, 2.05) is 27.2 Å². The first-order valence-corrected chi connectivity index (χ1v) is 31.4. The molecule has 0 aromatic rings. The molecule has 3 atom stereocenters. The number of nitrogens with zero attached hydrogens (tertiary/aromatic N) is 1. The molecular weight excluding hydrogens is 960 g/mol. The number of rotatable bonds is 52. The van der Waals surface area contributed by atoms with E-state index in [1.54, 1.807) is 6.08 Å². The molecule has 0 rings (SSSR count). The van der Waals surface area contributed by atoms with Crippen molar-refractivity contribution in [1.82, 2.24) is 5.32 Å². The fourth-order valence-electron chi connectivity index (χ4n) is 7.57. The number of aliphatic hydroxyl groups excluding tert-OH is 1. The second kappa shape index (κ2) is 55.9. The Kier molecular flexibility index (Phi) is 53.0. The molecule has 0 aromatic carbocycles. The monoisotopic (exact) mass is 1070 g/mol. The van der Waals surface area contributed by atoms with Gasteiger partial charge in [-0.05, 0) is 122 Å². The van der Waals surface area contributed by atoms with Gasteiger partial charge in [0.2, 0.25) is 5.91 Å². The van der Waals surface area contributed by atoms with E-state index in [4.69, 9.17) is 9.05 Å². The zero-order valence-corrected chi connectivity index (χ0v) is 49.8. The van der Waals surface area contributed by atoms with Gasteiger partial charge >= 0.3 is 7.82 Å². The third-order valence-corrected chi connectivity index (χ3v) is 13.2. The van der Waals surface area contributed by atoms with E-state index < -0.39 is 20.0 Å². The van der Waals surface area contributed by atoms with Crippen molar-refractivity contribution in [2.75, 3.05) is 40.9 Å². The molecule has 0 saturated carbocycles. The topological polar surface area (TPSA) is 105 Å². The Labute approximate surface area is 467 Å². The van der Waals surface area contributed by atoms with Crippen LogP contribution in [0.2, 0.25) is 0 Å². The summed E-state index contributed by atoms with van der Waals surface area (Å²) in [4.78, 5) is 23.3. The lowest BCUT2D eigenvalue weighted by atomic mass is 10.1. The average molecular weight is 1070 g/mol. The number of nitrogens with one attached hydrogen (secondary N) is 1.